The van der Waals surface area contributed by atoms with Gasteiger partial charge in [0.05, 0.1) is 13.0 Å². The summed E-state index contributed by atoms with van der Waals surface area (Å²) in [6, 6.07) is 10.6. The fourth-order valence-electron chi connectivity index (χ4n) is 3.81. The summed E-state index contributed by atoms with van der Waals surface area (Å²) in [6.07, 6.45) is 2.35. The molecule has 2 bridgehead atoms. The maximum atomic E-state index is 11.9. The standard InChI is InChI=1S/C16H21NO2/c1-19-16(18)15-13-7-8-14(15)11-17(10-13)9-12-5-3-2-4-6-12/h2-6,13-15H,7-11H2,1H3. The minimum Gasteiger partial charge on any atom is -0.469 e. The Morgan fingerprint density at radius 1 is 1.21 bits per heavy atom. The zero-order valence-corrected chi connectivity index (χ0v) is 11.4. The van der Waals surface area contributed by atoms with Crippen LogP contribution in [0.5, 0.6) is 0 Å². The van der Waals surface area contributed by atoms with E-state index in [2.05, 4.69) is 35.2 Å². The summed E-state index contributed by atoms with van der Waals surface area (Å²) in [5, 5.41) is 0. The number of benzene rings is 1. The van der Waals surface area contributed by atoms with E-state index in [0.717, 1.165) is 19.6 Å². The van der Waals surface area contributed by atoms with Crippen LogP contribution in [0.3, 0.4) is 0 Å². The van der Waals surface area contributed by atoms with Crippen LogP contribution in [-0.4, -0.2) is 31.1 Å². The van der Waals surface area contributed by atoms with Crippen molar-refractivity contribution in [1.29, 1.82) is 0 Å². The second kappa shape index (κ2) is 5.33. The number of hydrogen-bond acceptors (Lipinski definition) is 3. The lowest BCUT2D eigenvalue weighted by Gasteiger charge is -2.36. The molecular weight excluding hydrogens is 238 g/mol. The molecule has 2 aliphatic rings. The number of methoxy groups -OCH3 is 1. The van der Waals surface area contributed by atoms with E-state index in [0.29, 0.717) is 11.8 Å². The van der Waals surface area contributed by atoms with Gasteiger partial charge in [0.2, 0.25) is 0 Å². The second-order valence-corrected chi connectivity index (χ2v) is 5.83. The van der Waals surface area contributed by atoms with Crippen molar-refractivity contribution in [1.82, 2.24) is 4.90 Å². The number of carbonyl (C=O) groups is 1. The first-order chi connectivity index (χ1) is 9.28. The number of piperidine rings is 1. The number of nitrogens with zero attached hydrogens (tertiary/aromatic N) is 1. The van der Waals surface area contributed by atoms with Crippen molar-refractivity contribution < 1.29 is 9.53 Å². The van der Waals surface area contributed by atoms with E-state index in [1.54, 1.807) is 0 Å². The molecule has 2 unspecified atom stereocenters. The van der Waals surface area contributed by atoms with E-state index in [-0.39, 0.29) is 11.9 Å². The number of fused-ring (bicyclic) bond motifs is 2. The number of rotatable bonds is 3. The summed E-state index contributed by atoms with van der Waals surface area (Å²) in [6.45, 7) is 3.07. The topological polar surface area (TPSA) is 29.5 Å². The summed E-state index contributed by atoms with van der Waals surface area (Å²) >= 11 is 0. The van der Waals surface area contributed by atoms with Crippen LogP contribution in [0.4, 0.5) is 0 Å². The van der Waals surface area contributed by atoms with Crippen molar-refractivity contribution in [3.05, 3.63) is 35.9 Å². The average Bonchev–Trinajstić information content (AvgIpc) is 2.71. The van der Waals surface area contributed by atoms with Gasteiger partial charge in [0.25, 0.3) is 0 Å². The summed E-state index contributed by atoms with van der Waals surface area (Å²) in [5.74, 6) is 1.15. The fraction of sp³-hybridized carbons (Fsp3) is 0.562. The Balaban J connectivity index is 1.66. The highest BCUT2D eigenvalue weighted by atomic mass is 16.5. The van der Waals surface area contributed by atoms with Gasteiger partial charge in [0.1, 0.15) is 0 Å². The lowest BCUT2D eigenvalue weighted by Crippen LogP contribution is -2.44. The predicted molar refractivity (Wildman–Crippen MR) is 73.4 cm³/mol. The smallest absolute Gasteiger partial charge is 0.309 e. The molecule has 1 aliphatic carbocycles. The molecule has 19 heavy (non-hydrogen) atoms. The van der Waals surface area contributed by atoms with Crippen molar-refractivity contribution >= 4 is 5.97 Å². The van der Waals surface area contributed by atoms with Crippen molar-refractivity contribution in [2.45, 2.75) is 19.4 Å². The molecule has 2 fully saturated rings. The number of ether oxygens (including phenoxy) is 1. The van der Waals surface area contributed by atoms with Gasteiger partial charge in [-0.2, -0.15) is 0 Å². The molecule has 0 N–H and O–H groups in total. The van der Waals surface area contributed by atoms with E-state index < -0.39 is 0 Å². The third-order valence-electron chi connectivity index (χ3n) is 4.63. The monoisotopic (exact) mass is 259 g/mol. The highest BCUT2D eigenvalue weighted by Gasteiger charge is 2.46. The van der Waals surface area contributed by atoms with Crippen LogP contribution in [0.2, 0.25) is 0 Å². The second-order valence-electron chi connectivity index (χ2n) is 5.83. The van der Waals surface area contributed by atoms with Gasteiger partial charge in [-0.05, 0) is 30.2 Å². The molecule has 1 saturated carbocycles. The molecule has 1 aromatic carbocycles. The zero-order chi connectivity index (χ0) is 13.2. The van der Waals surface area contributed by atoms with Gasteiger partial charge in [0, 0.05) is 19.6 Å². The lowest BCUT2D eigenvalue weighted by atomic mass is 9.85. The molecule has 1 heterocycles. The third kappa shape index (κ3) is 2.52. The molecule has 102 valence electrons. The first-order valence-electron chi connectivity index (χ1n) is 7.12. The Bertz CT molecular complexity index is 431. The Labute approximate surface area is 114 Å². The van der Waals surface area contributed by atoms with Crippen LogP contribution in [-0.2, 0) is 16.1 Å². The largest absolute Gasteiger partial charge is 0.469 e. The first kappa shape index (κ1) is 12.7. The van der Waals surface area contributed by atoms with Crippen LogP contribution in [0.15, 0.2) is 30.3 Å². The molecule has 3 nitrogen and oxygen atoms in total. The molecule has 0 aromatic heterocycles. The van der Waals surface area contributed by atoms with Gasteiger partial charge in [-0.15, -0.1) is 0 Å². The molecule has 1 aromatic rings. The third-order valence-corrected chi connectivity index (χ3v) is 4.63. The van der Waals surface area contributed by atoms with Crippen molar-refractivity contribution in [2.24, 2.45) is 17.8 Å². The summed E-state index contributed by atoms with van der Waals surface area (Å²) in [5.41, 5.74) is 1.36. The molecule has 0 amide bonds. The van der Waals surface area contributed by atoms with E-state index in [1.807, 2.05) is 0 Å². The van der Waals surface area contributed by atoms with Crippen LogP contribution in [0.1, 0.15) is 18.4 Å². The van der Waals surface area contributed by atoms with Crippen LogP contribution in [0.25, 0.3) is 0 Å². The van der Waals surface area contributed by atoms with E-state index in [9.17, 15) is 4.79 Å². The van der Waals surface area contributed by atoms with Crippen LogP contribution >= 0.6 is 0 Å². The SMILES string of the molecule is COC(=O)C1C2CCC1CN(Cc1ccccc1)C2. The number of carbonyl (C=O) groups excluding carboxylic acids is 1. The van der Waals surface area contributed by atoms with Crippen LogP contribution in [0, 0.1) is 17.8 Å². The molecule has 0 radical (unpaired) electrons. The van der Waals surface area contributed by atoms with E-state index in [4.69, 9.17) is 4.74 Å². The van der Waals surface area contributed by atoms with E-state index in [1.165, 1.54) is 25.5 Å². The molecule has 1 saturated heterocycles. The number of hydrogen-bond donors (Lipinski definition) is 0. The number of esters is 1. The fourth-order valence-corrected chi connectivity index (χ4v) is 3.81. The normalized spacial score (nSPS) is 30.3. The average molecular weight is 259 g/mol. The quantitative estimate of drug-likeness (QED) is 0.780. The minimum absolute atomic E-state index is 0.00635. The molecule has 2 atom stereocenters. The summed E-state index contributed by atoms with van der Waals surface area (Å²) in [4.78, 5) is 14.3. The van der Waals surface area contributed by atoms with E-state index >= 15 is 0 Å². The van der Waals surface area contributed by atoms with Gasteiger partial charge in [-0.3, -0.25) is 9.69 Å². The van der Waals surface area contributed by atoms with Crippen molar-refractivity contribution in [3.63, 3.8) is 0 Å². The first-order valence-corrected chi connectivity index (χ1v) is 7.12. The van der Waals surface area contributed by atoms with Crippen molar-refractivity contribution in [2.75, 3.05) is 20.2 Å². The molecular formula is C16H21NO2. The molecule has 3 rings (SSSR count). The van der Waals surface area contributed by atoms with Gasteiger partial charge in [-0.1, -0.05) is 30.3 Å². The van der Waals surface area contributed by atoms with Crippen LogP contribution < -0.4 is 0 Å². The Morgan fingerprint density at radius 3 is 2.42 bits per heavy atom. The molecule has 0 spiro atoms. The minimum atomic E-state index is 0.00635. The maximum absolute atomic E-state index is 11.9. The summed E-state index contributed by atoms with van der Waals surface area (Å²) in [7, 11) is 1.51. The summed E-state index contributed by atoms with van der Waals surface area (Å²) < 4.78 is 4.97. The Morgan fingerprint density at radius 2 is 1.84 bits per heavy atom. The molecule has 1 aliphatic heterocycles. The Hall–Kier alpha value is -1.35. The maximum Gasteiger partial charge on any atom is 0.309 e. The van der Waals surface area contributed by atoms with Gasteiger partial charge in [-0.25, -0.2) is 0 Å². The Kier molecular flexibility index (Phi) is 3.56. The van der Waals surface area contributed by atoms with Gasteiger partial charge < -0.3 is 4.74 Å². The highest BCUT2D eigenvalue weighted by molar-refractivity contribution is 5.73. The highest BCUT2D eigenvalue weighted by Crippen LogP contribution is 2.42. The molecule has 3 heteroatoms. The van der Waals surface area contributed by atoms with Crippen molar-refractivity contribution in [3.8, 4) is 0 Å². The van der Waals surface area contributed by atoms with Gasteiger partial charge in [0.15, 0.2) is 0 Å². The predicted octanol–water partition coefficient (Wildman–Crippen LogP) is 2.32. The zero-order valence-electron chi connectivity index (χ0n) is 11.4. The van der Waals surface area contributed by atoms with Gasteiger partial charge >= 0.3 is 5.97 Å². The number of likely N-dealkylation sites (tertiary alicyclic amines) is 1. The lowest BCUT2D eigenvalue weighted by molar-refractivity contribution is -0.150.